The van der Waals surface area contributed by atoms with Crippen molar-refractivity contribution in [3.63, 3.8) is 0 Å². The Labute approximate surface area is 108 Å². The summed E-state index contributed by atoms with van der Waals surface area (Å²) >= 11 is 0. The molecule has 0 unspecified atom stereocenters. The normalized spacial score (nSPS) is 10.7. The molecular formula is C12H22N2O4. The zero-order valence-corrected chi connectivity index (χ0v) is 11.7. The number of rotatable bonds is 5. The lowest BCUT2D eigenvalue weighted by Crippen LogP contribution is -2.42. The van der Waals surface area contributed by atoms with Gasteiger partial charge in [-0.1, -0.05) is 20.8 Å². The summed E-state index contributed by atoms with van der Waals surface area (Å²) in [4.78, 5) is 35.5. The van der Waals surface area contributed by atoms with Crippen LogP contribution in [-0.2, 0) is 19.1 Å². The molecule has 0 aliphatic carbocycles. The molecule has 6 nitrogen and oxygen atoms in total. The fourth-order valence-corrected chi connectivity index (χ4v) is 1.04. The van der Waals surface area contributed by atoms with Gasteiger partial charge in [-0.2, -0.15) is 0 Å². The Bertz CT molecular complexity index is 321. The monoisotopic (exact) mass is 258 g/mol. The third-order valence-electron chi connectivity index (χ3n) is 2.39. The Morgan fingerprint density at radius 2 is 1.78 bits per heavy atom. The van der Waals surface area contributed by atoms with Crippen molar-refractivity contribution in [3.8, 4) is 0 Å². The molecule has 1 N–H and O–H groups in total. The number of hydrogen-bond donors (Lipinski definition) is 1. The summed E-state index contributed by atoms with van der Waals surface area (Å²) in [5.74, 6) is -0.790. The zero-order valence-electron chi connectivity index (χ0n) is 11.7. The van der Waals surface area contributed by atoms with Gasteiger partial charge in [-0.3, -0.25) is 14.4 Å². The third kappa shape index (κ3) is 6.22. The summed E-state index contributed by atoms with van der Waals surface area (Å²) in [6.07, 6.45) is 0.145. The van der Waals surface area contributed by atoms with Crippen molar-refractivity contribution < 1.29 is 19.1 Å². The van der Waals surface area contributed by atoms with Crippen LogP contribution in [0, 0.1) is 5.41 Å². The van der Waals surface area contributed by atoms with E-state index in [1.807, 2.05) is 0 Å². The Hall–Kier alpha value is -1.59. The van der Waals surface area contributed by atoms with Gasteiger partial charge in [0.15, 0.2) is 0 Å². The van der Waals surface area contributed by atoms with Gasteiger partial charge in [0.05, 0.1) is 20.1 Å². The molecule has 0 saturated heterocycles. The average molecular weight is 258 g/mol. The number of carbonyl (C=O) groups excluding carboxylic acids is 3. The number of ether oxygens (including phenoxy) is 1. The molecule has 0 spiro atoms. The molecular weight excluding hydrogens is 236 g/mol. The molecule has 0 fully saturated rings. The molecule has 2 amide bonds. The summed E-state index contributed by atoms with van der Waals surface area (Å²) in [6.45, 7) is 5.53. The van der Waals surface area contributed by atoms with Crippen LogP contribution in [0.25, 0.3) is 0 Å². The Balaban J connectivity index is 4.03. The summed E-state index contributed by atoms with van der Waals surface area (Å²) < 4.78 is 4.48. The van der Waals surface area contributed by atoms with E-state index in [0.717, 1.165) is 0 Å². The molecule has 0 heterocycles. The first-order valence-corrected chi connectivity index (χ1v) is 5.77. The van der Waals surface area contributed by atoms with Crippen LogP contribution in [-0.4, -0.2) is 49.9 Å². The highest BCUT2D eigenvalue weighted by atomic mass is 16.5. The smallest absolute Gasteiger partial charge is 0.307 e. The molecule has 0 aromatic carbocycles. The second-order valence-electron chi connectivity index (χ2n) is 5.07. The molecule has 18 heavy (non-hydrogen) atoms. The summed E-state index contributed by atoms with van der Waals surface area (Å²) in [7, 11) is 2.88. The Morgan fingerprint density at radius 3 is 2.22 bits per heavy atom. The van der Waals surface area contributed by atoms with Crippen LogP contribution >= 0.6 is 0 Å². The van der Waals surface area contributed by atoms with Crippen molar-refractivity contribution in [2.45, 2.75) is 27.2 Å². The number of hydrogen-bond acceptors (Lipinski definition) is 4. The first kappa shape index (κ1) is 16.4. The van der Waals surface area contributed by atoms with Gasteiger partial charge < -0.3 is 15.0 Å². The number of esters is 1. The SMILES string of the molecule is COC(=O)CCN(C)C(=O)CNC(=O)C(C)(C)C. The molecule has 0 radical (unpaired) electrons. The lowest BCUT2D eigenvalue weighted by atomic mass is 9.96. The summed E-state index contributed by atoms with van der Waals surface area (Å²) in [6, 6.07) is 0. The van der Waals surface area contributed by atoms with Gasteiger partial charge in [-0.15, -0.1) is 0 Å². The van der Waals surface area contributed by atoms with E-state index >= 15 is 0 Å². The molecule has 0 aromatic rings. The second-order valence-corrected chi connectivity index (χ2v) is 5.07. The van der Waals surface area contributed by atoms with Crippen molar-refractivity contribution in [2.24, 2.45) is 5.41 Å². The molecule has 0 aromatic heterocycles. The lowest BCUT2D eigenvalue weighted by molar-refractivity contribution is -0.141. The van der Waals surface area contributed by atoms with Crippen LogP contribution in [0.3, 0.4) is 0 Å². The van der Waals surface area contributed by atoms with Crippen molar-refractivity contribution in [2.75, 3.05) is 27.2 Å². The van der Waals surface area contributed by atoms with E-state index in [-0.39, 0.29) is 37.3 Å². The quantitative estimate of drug-likeness (QED) is 0.713. The number of likely N-dealkylation sites (N-methyl/N-ethyl adjacent to an activating group) is 1. The molecule has 0 saturated carbocycles. The molecule has 0 bridgehead atoms. The van der Waals surface area contributed by atoms with Crippen molar-refractivity contribution in [1.29, 1.82) is 0 Å². The second kappa shape index (κ2) is 6.98. The van der Waals surface area contributed by atoms with E-state index in [1.54, 1.807) is 27.8 Å². The highest BCUT2D eigenvalue weighted by molar-refractivity contribution is 5.87. The maximum atomic E-state index is 11.6. The highest BCUT2D eigenvalue weighted by Gasteiger charge is 2.22. The van der Waals surface area contributed by atoms with Gasteiger partial charge in [0.2, 0.25) is 11.8 Å². The topological polar surface area (TPSA) is 75.7 Å². The summed E-state index contributed by atoms with van der Waals surface area (Å²) in [5.41, 5.74) is -0.523. The molecule has 0 atom stereocenters. The minimum atomic E-state index is -0.523. The molecule has 0 aliphatic heterocycles. The maximum absolute atomic E-state index is 11.6. The van der Waals surface area contributed by atoms with E-state index in [2.05, 4.69) is 10.1 Å². The minimum Gasteiger partial charge on any atom is -0.469 e. The Morgan fingerprint density at radius 1 is 1.22 bits per heavy atom. The van der Waals surface area contributed by atoms with Gasteiger partial charge in [0, 0.05) is 19.0 Å². The van der Waals surface area contributed by atoms with Gasteiger partial charge in [0.25, 0.3) is 0 Å². The minimum absolute atomic E-state index is 0.0617. The fourth-order valence-electron chi connectivity index (χ4n) is 1.04. The zero-order chi connectivity index (χ0) is 14.3. The van der Waals surface area contributed by atoms with Crippen molar-refractivity contribution in [1.82, 2.24) is 10.2 Å². The van der Waals surface area contributed by atoms with Crippen LogP contribution < -0.4 is 5.32 Å². The fraction of sp³-hybridized carbons (Fsp3) is 0.750. The molecule has 6 heteroatoms. The first-order chi connectivity index (χ1) is 8.18. The van der Waals surface area contributed by atoms with Crippen molar-refractivity contribution in [3.05, 3.63) is 0 Å². The van der Waals surface area contributed by atoms with E-state index in [0.29, 0.717) is 0 Å². The van der Waals surface area contributed by atoms with Crippen LogP contribution in [0.15, 0.2) is 0 Å². The van der Waals surface area contributed by atoms with Gasteiger partial charge in [0.1, 0.15) is 0 Å². The molecule has 0 aliphatic rings. The third-order valence-corrected chi connectivity index (χ3v) is 2.39. The maximum Gasteiger partial charge on any atom is 0.307 e. The molecule has 0 rings (SSSR count). The van der Waals surface area contributed by atoms with Gasteiger partial charge in [-0.25, -0.2) is 0 Å². The summed E-state index contributed by atoms with van der Waals surface area (Å²) in [5, 5.41) is 2.56. The van der Waals surface area contributed by atoms with Crippen LogP contribution in [0.1, 0.15) is 27.2 Å². The Kier molecular flexibility index (Phi) is 6.36. The van der Waals surface area contributed by atoms with Gasteiger partial charge in [-0.05, 0) is 0 Å². The predicted molar refractivity (Wildman–Crippen MR) is 66.7 cm³/mol. The highest BCUT2D eigenvalue weighted by Crippen LogP contribution is 2.11. The van der Waals surface area contributed by atoms with Crippen molar-refractivity contribution >= 4 is 17.8 Å². The largest absolute Gasteiger partial charge is 0.469 e. The van der Waals surface area contributed by atoms with Crippen LogP contribution in [0.5, 0.6) is 0 Å². The lowest BCUT2D eigenvalue weighted by Gasteiger charge is -2.20. The van der Waals surface area contributed by atoms with E-state index in [9.17, 15) is 14.4 Å². The standard InChI is InChI=1S/C12H22N2O4/c1-12(2,3)11(17)13-8-9(15)14(4)7-6-10(16)18-5/h6-8H2,1-5H3,(H,13,17). The van der Waals surface area contributed by atoms with Crippen LogP contribution in [0.2, 0.25) is 0 Å². The van der Waals surface area contributed by atoms with Gasteiger partial charge >= 0.3 is 5.97 Å². The number of carbonyl (C=O) groups is 3. The predicted octanol–water partition coefficient (Wildman–Crippen LogP) is 0.170. The van der Waals surface area contributed by atoms with Crippen LogP contribution in [0.4, 0.5) is 0 Å². The van der Waals surface area contributed by atoms with E-state index < -0.39 is 5.41 Å². The number of nitrogens with one attached hydrogen (secondary N) is 1. The van der Waals surface area contributed by atoms with E-state index in [4.69, 9.17) is 0 Å². The average Bonchev–Trinajstić information content (AvgIpc) is 2.30. The molecule has 104 valence electrons. The number of nitrogens with zero attached hydrogens (tertiary/aromatic N) is 1. The first-order valence-electron chi connectivity index (χ1n) is 5.77. The van der Waals surface area contributed by atoms with E-state index in [1.165, 1.54) is 12.0 Å². The number of methoxy groups -OCH3 is 1. The number of amides is 2.